The van der Waals surface area contributed by atoms with Crippen molar-refractivity contribution in [2.24, 2.45) is 0 Å². The highest BCUT2D eigenvalue weighted by atomic mass is 32.2. The number of aromatic nitrogens is 2. The number of hydrogen-bond donors (Lipinski definition) is 1. The molecular weight excluding hydrogens is 186 g/mol. The molecule has 74 valence electrons. The van der Waals surface area contributed by atoms with Crippen LogP contribution in [0.1, 0.15) is 20.8 Å². The van der Waals surface area contributed by atoms with Gasteiger partial charge in [0.1, 0.15) is 0 Å². The summed E-state index contributed by atoms with van der Waals surface area (Å²) in [5.74, 6) is 0. The molecule has 0 aliphatic carbocycles. The molecule has 1 heterocycles. The van der Waals surface area contributed by atoms with E-state index in [1.807, 2.05) is 20.8 Å². The molecule has 0 amide bonds. The molecule has 0 radical (unpaired) electrons. The zero-order valence-electron chi connectivity index (χ0n) is 8.37. The van der Waals surface area contributed by atoms with Gasteiger partial charge in [-0.1, -0.05) is 0 Å². The Balaban J connectivity index is 3.16. The van der Waals surface area contributed by atoms with Crippen LogP contribution in [0.3, 0.4) is 0 Å². The predicted octanol–water partition coefficient (Wildman–Crippen LogP) is 1.67. The summed E-state index contributed by atoms with van der Waals surface area (Å²) in [4.78, 5) is 0. The molecule has 1 N–H and O–H groups in total. The van der Waals surface area contributed by atoms with Gasteiger partial charge in [-0.2, -0.15) is 5.10 Å². The lowest BCUT2D eigenvalue weighted by molar-refractivity contribution is 0.350. The maximum Gasteiger partial charge on any atom is 0.157 e. The lowest BCUT2D eigenvalue weighted by atomic mass is 10.1. The Hall–Kier alpha value is -0.840. The summed E-state index contributed by atoms with van der Waals surface area (Å²) in [6.07, 6.45) is 3.13. The minimum absolute atomic E-state index is 0.122. The summed E-state index contributed by atoms with van der Waals surface area (Å²) in [6.45, 7) is 6.02. The standard InChI is InChI=1S/C8H15N3OS/c1-8(2,3)11-6-5-7(10-11)13(4,9)12/h5-6,9H,1-4H3. The van der Waals surface area contributed by atoms with Crippen molar-refractivity contribution in [3.63, 3.8) is 0 Å². The van der Waals surface area contributed by atoms with Crippen LogP contribution >= 0.6 is 0 Å². The first kappa shape index (κ1) is 10.2. The largest absolute Gasteiger partial charge is 0.266 e. The van der Waals surface area contributed by atoms with Crippen LogP contribution in [-0.2, 0) is 15.3 Å². The zero-order valence-corrected chi connectivity index (χ0v) is 9.18. The first-order valence-corrected chi connectivity index (χ1v) is 5.98. The lowest BCUT2D eigenvalue weighted by Gasteiger charge is -2.18. The highest BCUT2D eigenvalue weighted by molar-refractivity contribution is 7.91. The van der Waals surface area contributed by atoms with Crippen molar-refractivity contribution in [3.8, 4) is 0 Å². The fourth-order valence-electron chi connectivity index (χ4n) is 0.889. The van der Waals surface area contributed by atoms with Crippen molar-refractivity contribution < 1.29 is 4.21 Å². The minimum Gasteiger partial charge on any atom is -0.266 e. The van der Waals surface area contributed by atoms with Crippen molar-refractivity contribution in [2.45, 2.75) is 31.3 Å². The van der Waals surface area contributed by atoms with Crippen molar-refractivity contribution in [2.75, 3.05) is 6.26 Å². The minimum atomic E-state index is -2.67. The summed E-state index contributed by atoms with van der Waals surface area (Å²) >= 11 is 0. The molecule has 0 saturated carbocycles. The molecular formula is C8H15N3OS. The third kappa shape index (κ3) is 2.30. The lowest BCUT2D eigenvalue weighted by Crippen LogP contribution is -2.22. The molecule has 0 saturated heterocycles. The van der Waals surface area contributed by atoms with E-state index in [1.54, 1.807) is 16.9 Å². The molecule has 1 unspecified atom stereocenters. The Bertz CT molecular complexity index is 397. The summed E-state index contributed by atoms with van der Waals surface area (Å²) in [5, 5.41) is 4.46. The van der Waals surface area contributed by atoms with E-state index in [0.717, 1.165) is 0 Å². The Kier molecular flexibility index (Phi) is 2.23. The number of nitrogens with one attached hydrogen (secondary N) is 1. The van der Waals surface area contributed by atoms with Gasteiger partial charge in [0.05, 0.1) is 15.3 Å². The van der Waals surface area contributed by atoms with Crippen molar-refractivity contribution in [1.29, 1.82) is 4.78 Å². The molecule has 0 aliphatic rings. The van der Waals surface area contributed by atoms with Crippen LogP contribution in [-0.4, -0.2) is 20.2 Å². The van der Waals surface area contributed by atoms with E-state index in [2.05, 4.69) is 5.10 Å². The Labute approximate surface area is 78.9 Å². The fraction of sp³-hybridized carbons (Fsp3) is 0.625. The summed E-state index contributed by atoms with van der Waals surface area (Å²) in [5.41, 5.74) is -0.122. The second-order valence-electron chi connectivity index (χ2n) is 4.11. The van der Waals surface area contributed by atoms with Crippen molar-refractivity contribution in [1.82, 2.24) is 9.78 Å². The smallest absolute Gasteiger partial charge is 0.157 e. The molecule has 0 aromatic carbocycles. The highest BCUT2D eigenvalue weighted by Crippen LogP contribution is 2.14. The molecule has 0 spiro atoms. The molecule has 0 aliphatic heterocycles. The molecule has 5 heteroatoms. The Morgan fingerprint density at radius 2 is 2.08 bits per heavy atom. The molecule has 4 nitrogen and oxygen atoms in total. The average Bonchev–Trinajstić information content (AvgIpc) is 2.28. The summed E-state index contributed by atoms with van der Waals surface area (Å²) in [7, 11) is -2.67. The van der Waals surface area contributed by atoms with Crippen LogP contribution in [0.2, 0.25) is 0 Å². The van der Waals surface area contributed by atoms with E-state index in [0.29, 0.717) is 5.03 Å². The second kappa shape index (κ2) is 2.83. The van der Waals surface area contributed by atoms with E-state index >= 15 is 0 Å². The zero-order chi connectivity index (χ0) is 10.3. The van der Waals surface area contributed by atoms with Crippen molar-refractivity contribution in [3.05, 3.63) is 12.3 Å². The van der Waals surface area contributed by atoms with Gasteiger partial charge in [0, 0.05) is 12.5 Å². The maximum atomic E-state index is 11.3. The first-order chi connectivity index (χ1) is 5.71. The van der Waals surface area contributed by atoms with Gasteiger partial charge in [-0.3, -0.25) is 4.68 Å². The van der Waals surface area contributed by atoms with Gasteiger partial charge < -0.3 is 0 Å². The van der Waals surface area contributed by atoms with Crippen LogP contribution in [0.15, 0.2) is 17.3 Å². The van der Waals surface area contributed by atoms with Gasteiger partial charge in [0.25, 0.3) is 0 Å². The van der Waals surface area contributed by atoms with Gasteiger partial charge in [0.15, 0.2) is 5.03 Å². The van der Waals surface area contributed by atoms with Crippen LogP contribution in [0, 0.1) is 4.78 Å². The first-order valence-electron chi connectivity index (χ1n) is 4.01. The number of nitrogens with zero attached hydrogens (tertiary/aromatic N) is 2. The van der Waals surface area contributed by atoms with E-state index < -0.39 is 9.73 Å². The summed E-state index contributed by atoms with van der Waals surface area (Å²) in [6, 6.07) is 1.64. The predicted molar refractivity (Wildman–Crippen MR) is 52.3 cm³/mol. The second-order valence-corrected chi connectivity index (χ2v) is 6.22. The maximum absolute atomic E-state index is 11.3. The molecule has 1 atom stereocenters. The van der Waals surface area contributed by atoms with E-state index in [4.69, 9.17) is 4.78 Å². The van der Waals surface area contributed by atoms with Gasteiger partial charge in [-0.15, -0.1) is 0 Å². The highest BCUT2D eigenvalue weighted by Gasteiger charge is 2.16. The van der Waals surface area contributed by atoms with Crippen LogP contribution in [0.4, 0.5) is 0 Å². The summed E-state index contributed by atoms with van der Waals surface area (Å²) < 4.78 is 20.4. The fourth-order valence-corrected chi connectivity index (χ4v) is 1.45. The van der Waals surface area contributed by atoms with Gasteiger partial charge in [-0.05, 0) is 26.8 Å². The van der Waals surface area contributed by atoms with E-state index in [1.165, 1.54) is 6.26 Å². The number of hydrogen-bond acceptors (Lipinski definition) is 3. The third-order valence-electron chi connectivity index (χ3n) is 1.65. The molecule has 13 heavy (non-hydrogen) atoms. The van der Waals surface area contributed by atoms with Crippen LogP contribution in [0.25, 0.3) is 0 Å². The monoisotopic (exact) mass is 201 g/mol. The van der Waals surface area contributed by atoms with E-state index in [-0.39, 0.29) is 5.54 Å². The third-order valence-corrected chi connectivity index (χ3v) is 2.67. The van der Waals surface area contributed by atoms with Crippen LogP contribution < -0.4 is 0 Å². The Morgan fingerprint density at radius 3 is 2.31 bits per heavy atom. The molecule has 0 bridgehead atoms. The SMILES string of the molecule is CC(C)(C)n1ccc(S(C)(=N)=O)n1. The van der Waals surface area contributed by atoms with Gasteiger partial charge >= 0.3 is 0 Å². The normalized spacial score (nSPS) is 16.9. The van der Waals surface area contributed by atoms with E-state index in [9.17, 15) is 4.21 Å². The molecule has 1 rings (SSSR count). The van der Waals surface area contributed by atoms with Gasteiger partial charge in [-0.25, -0.2) is 8.99 Å². The quantitative estimate of drug-likeness (QED) is 0.751. The average molecular weight is 201 g/mol. The molecule has 1 aromatic heterocycles. The molecule has 1 aromatic rings. The van der Waals surface area contributed by atoms with Gasteiger partial charge in [0.2, 0.25) is 0 Å². The van der Waals surface area contributed by atoms with Crippen molar-refractivity contribution >= 4 is 9.73 Å². The number of rotatable bonds is 1. The Morgan fingerprint density at radius 1 is 1.54 bits per heavy atom. The topological polar surface area (TPSA) is 58.7 Å². The van der Waals surface area contributed by atoms with Crippen LogP contribution in [0.5, 0.6) is 0 Å². The molecule has 0 fully saturated rings.